The fraction of sp³-hybridized carbons (Fsp3) is 0.576. The van der Waals surface area contributed by atoms with Crippen molar-refractivity contribution in [2.24, 2.45) is 5.41 Å². The number of carbonyl (C=O) groups excluding carboxylic acids is 2. The Kier molecular flexibility index (Phi) is 9.11. The van der Waals surface area contributed by atoms with Gasteiger partial charge in [0.05, 0.1) is 17.5 Å². The first kappa shape index (κ1) is 31.3. The van der Waals surface area contributed by atoms with E-state index in [-0.39, 0.29) is 11.7 Å². The predicted octanol–water partition coefficient (Wildman–Crippen LogP) is 5.63. The van der Waals surface area contributed by atoms with Gasteiger partial charge in [0.15, 0.2) is 11.4 Å². The van der Waals surface area contributed by atoms with Crippen LogP contribution >= 0.6 is 0 Å². The molecule has 0 spiro atoms. The van der Waals surface area contributed by atoms with Crippen molar-refractivity contribution in [1.29, 1.82) is 0 Å². The second-order valence-corrected chi connectivity index (χ2v) is 20.0. The molecule has 1 amide bonds. The van der Waals surface area contributed by atoms with Gasteiger partial charge in [-0.1, -0.05) is 40.4 Å². The number of benzene rings is 1. The van der Waals surface area contributed by atoms with E-state index in [9.17, 15) is 9.59 Å². The molecule has 0 atom stereocenters. The molecule has 0 aliphatic carbocycles. The SMILES string of the molecule is CN1CCN(C(=O)c2cc(-c3cnc4c(n3)c(C(=O)C(C)(C)C)cn4COCC[Si](C)(C)C)cc(N3CCCC3)c2)CC1. The Morgan fingerprint density at radius 2 is 1.67 bits per heavy atom. The number of anilines is 1. The molecular weight excluding hydrogens is 556 g/mol. The zero-order chi connectivity index (χ0) is 30.9. The monoisotopic (exact) mass is 604 g/mol. The van der Waals surface area contributed by atoms with Crippen molar-refractivity contribution in [3.05, 3.63) is 41.7 Å². The Morgan fingerprint density at radius 1 is 0.977 bits per heavy atom. The largest absolute Gasteiger partial charge is 0.371 e. The number of carbonyl (C=O) groups is 2. The van der Waals surface area contributed by atoms with Crippen LogP contribution in [0.15, 0.2) is 30.6 Å². The molecule has 1 aromatic carbocycles. The third-order valence-electron chi connectivity index (χ3n) is 8.44. The number of ether oxygens (including phenoxy) is 1. The van der Waals surface area contributed by atoms with Crippen LogP contribution in [0.25, 0.3) is 22.4 Å². The lowest BCUT2D eigenvalue weighted by Crippen LogP contribution is -2.47. The summed E-state index contributed by atoms with van der Waals surface area (Å²) >= 11 is 0. The van der Waals surface area contributed by atoms with Crippen LogP contribution in [0.5, 0.6) is 0 Å². The van der Waals surface area contributed by atoms with Crippen molar-refractivity contribution in [3.63, 3.8) is 0 Å². The fourth-order valence-electron chi connectivity index (χ4n) is 5.63. The van der Waals surface area contributed by atoms with Crippen LogP contribution in [0.2, 0.25) is 25.7 Å². The Morgan fingerprint density at radius 3 is 2.33 bits per heavy atom. The van der Waals surface area contributed by atoms with Crippen LogP contribution in [0.3, 0.4) is 0 Å². The normalized spacial score (nSPS) is 16.8. The highest BCUT2D eigenvalue weighted by Crippen LogP contribution is 2.32. The molecule has 2 fully saturated rings. The summed E-state index contributed by atoms with van der Waals surface area (Å²) in [7, 11) is 0.869. The maximum absolute atomic E-state index is 13.7. The molecule has 2 aliphatic rings. The summed E-state index contributed by atoms with van der Waals surface area (Å²) in [5, 5.41) is 0. The van der Waals surface area contributed by atoms with Crippen molar-refractivity contribution in [3.8, 4) is 11.3 Å². The Balaban J connectivity index is 1.54. The molecule has 9 nitrogen and oxygen atoms in total. The number of amides is 1. The summed E-state index contributed by atoms with van der Waals surface area (Å²) in [6.07, 6.45) is 5.89. The number of Topliss-reactive ketones (excluding diaryl/α,β-unsaturated/α-hetero) is 1. The van der Waals surface area contributed by atoms with E-state index in [0.29, 0.717) is 41.3 Å². The third-order valence-corrected chi connectivity index (χ3v) is 10.1. The molecule has 4 heterocycles. The van der Waals surface area contributed by atoms with Gasteiger partial charge in [0, 0.05) is 82.4 Å². The first-order chi connectivity index (χ1) is 20.3. The Bertz CT molecular complexity index is 1470. The van der Waals surface area contributed by atoms with Crippen LogP contribution in [-0.2, 0) is 11.5 Å². The molecule has 2 aromatic heterocycles. The van der Waals surface area contributed by atoms with Crippen molar-refractivity contribution < 1.29 is 14.3 Å². The van der Waals surface area contributed by atoms with E-state index < -0.39 is 13.5 Å². The van der Waals surface area contributed by atoms with Gasteiger partial charge < -0.3 is 24.0 Å². The van der Waals surface area contributed by atoms with Gasteiger partial charge in [0.2, 0.25) is 0 Å². The molecule has 2 saturated heterocycles. The van der Waals surface area contributed by atoms with Crippen molar-refractivity contribution >= 4 is 36.6 Å². The number of hydrogen-bond donors (Lipinski definition) is 0. The molecule has 3 aromatic rings. The number of ketones is 1. The van der Waals surface area contributed by atoms with Gasteiger partial charge in [-0.2, -0.15) is 0 Å². The first-order valence-corrected chi connectivity index (χ1v) is 19.4. The maximum Gasteiger partial charge on any atom is 0.254 e. The topological polar surface area (TPSA) is 83.8 Å². The zero-order valence-electron chi connectivity index (χ0n) is 27.1. The molecule has 232 valence electrons. The zero-order valence-corrected chi connectivity index (χ0v) is 28.1. The highest BCUT2D eigenvalue weighted by molar-refractivity contribution is 6.76. The second-order valence-electron chi connectivity index (χ2n) is 14.4. The van der Waals surface area contributed by atoms with Crippen LogP contribution in [0.1, 0.15) is 54.3 Å². The number of aromatic nitrogens is 3. The van der Waals surface area contributed by atoms with Gasteiger partial charge >= 0.3 is 0 Å². The van der Waals surface area contributed by atoms with Gasteiger partial charge in [-0.3, -0.25) is 9.59 Å². The Hall–Kier alpha value is -3.08. The van der Waals surface area contributed by atoms with Crippen molar-refractivity contribution in [1.82, 2.24) is 24.3 Å². The van der Waals surface area contributed by atoms with E-state index in [0.717, 1.165) is 69.4 Å². The predicted molar refractivity (Wildman–Crippen MR) is 176 cm³/mol. The molecule has 2 aliphatic heterocycles. The van der Waals surface area contributed by atoms with E-state index in [2.05, 4.69) is 42.6 Å². The number of nitrogens with zero attached hydrogens (tertiary/aromatic N) is 6. The van der Waals surface area contributed by atoms with Crippen LogP contribution in [0, 0.1) is 5.41 Å². The van der Waals surface area contributed by atoms with Gasteiger partial charge in [-0.15, -0.1) is 0 Å². The van der Waals surface area contributed by atoms with Crippen LogP contribution < -0.4 is 4.90 Å². The minimum Gasteiger partial charge on any atom is -0.371 e. The van der Waals surface area contributed by atoms with E-state index in [4.69, 9.17) is 14.7 Å². The molecule has 10 heteroatoms. The molecule has 0 radical (unpaired) electrons. The molecular formula is C33H48N6O3Si. The lowest BCUT2D eigenvalue weighted by molar-refractivity contribution is 0.0664. The smallest absolute Gasteiger partial charge is 0.254 e. The number of rotatable bonds is 9. The van der Waals surface area contributed by atoms with Gasteiger partial charge in [0.25, 0.3) is 5.91 Å². The van der Waals surface area contributed by atoms with Gasteiger partial charge in [0.1, 0.15) is 12.2 Å². The van der Waals surface area contributed by atoms with Crippen LogP contribution in [0.4, 0.5) is 5.69 Å². The summed E-state index contributed by atoms with van der Waals surface area (Å²) in [6.45, 7) is 18.9. The highest BCUT2D eigenvalue weighted by atomic mass is 28.3. The lowest BCUT2D eigenvalue weighted by atomic mass is 9.87. The number of likely N-dealkylation sites (N-methyl/N-ethyl adjacent to an activating group) is 1. The summed E-state index contributed by atoms with van der Waals surface area (Å²) in [6, 6.07) is 7.16. The van der Waals surface area contributed by atoms with Gasteiger partial charge in [-0.05, 0) is 44.1 Å². The van der Waals surface area contributed by atoms with Crippen molar-refractivity contribution in [2.45, 2.75) is 66.0 Å². The highest BCUT2D eigenvalue weighted by Gasteiger charge is 2.29. The second kappa shape index (κ2) is 12.5. The summed E-state index contributed by atoms with van der Waals surface area (Å²) in [5.41, 5.74) is 4.38. The maximum atomic E-state index is 13.7. The molecule has 0 saturated carbocycles. The van der Waals surface area contributed by atoms with Crippen molar-refractivity contribution in [2.75, 3.05) is 57.8 Å². The Labute approximate surface area is 257 Å². The average Bonchev–Trinajstić information content (AvgIpc) is 3.62. The molecule has 0 unspecified atom stereocenters. The number of hydrogen-bond acceptors (Lipinski definition) is 7. The van der Waals surface area contributed by atoms with E-state index in [1.165, 1.54) is 0 Å². The third kappa shape index (κ3) is 7.36. The quantitative estimate of drug-likeness (QED) is 0.178. The standard InChI is InChI=1S/C33H48N6O3Si/c1-33(2,3)30(40)27-22-39(23-42-16-17-43(5,6)7)31-29(27)35-28(21-34-31)24-18-25(20-26(19-24)37-10-8-9-11-37)32(41)38-14-12-36(4)13-15-38/h18-22H,8-17,23H2,1-7H3. The molecule has 43 heavy (non-hydrogen) atoms. The van der Waals surface area contributed by atoms with E-state index in [1.807, 2.05) is 48.6 Å². The number of piperazine rings is 1. The van der Waals surface area contributed by atoms with Gasteiger partial charge in [-0.25, -0.2) is 9.97 Å². The summed E-state index contributed by atoms with van der Waals surface area (Å²) in [4.78, 5) is 43.7. The molecule has 5 rings (SSSR count). The van der Waals surface area contributed by atoms with Crippen LogP contribution in [-0.4, -0.2) is 97.0 Å². The minimum atomic E-state index is -1.22. The summed E-state index contributed by atoms with van der Waals surface area (Å²) < 4.78 is 7.95. The summed E-state index contributed by atoms with van der Waals surface area (Å²) in [5.74, 6) is 0.0659. The average molecular weight is 605 g/mol. The molecule has 0 N–H and O–H groups in total. The molecule has 0 bridgehead atoms. The van der Waals surface area contributed by atoms with E-state index >= 15 is 0 Å². The lowest BCUT2D eigenvalue weighted by Gasteiger charge is -2.32. The first-order valence-electron chi connectivity index (χ1n) is 15.7. The minimum absolute atomic E-state index is 0.0153. The fourth-order valence-corrected chi connectivity index (χ4v) is 6.39. The number of fused-ring (bicyclic) bond motifs is 1. The van der Waals surface area contributed by atoms with E-state index in [1.54, 1.807) is 6.20 Å².